The Kier molecular flexibility index (Phi) is 4.44. The fourth-order valence-electron chi connectivity index (χ4n) is 1.70. The summed E-state index contributed by atoms with van der Waals surface area (Å²) in [7, 11) is 0. The molecule has 0 aliphatic heterocycles. The molecule has 0 saturated heterocycles. The quantitative estimate of drug-likeness (QED) is 0.497. The number of nitrogens with one attached hydrogen (secondary N) is 1. The number of benzene rings is 2. The zero-order chi connectivity index (χ0) is 15.2. The van der Waals surface area contributed by atoms with E-state index in [1.807, 2.05) is 6.07 Å². The molecule has 0 saturated carbocycles. The summed E-state index contributed by atoms with van der Waals surface area (Å²) in [5.74, 6) is 4.60. The molecular weight excluding hydrogens is 268 g/mol. The second-order valence-corrected chi connectivity index (χ2v) is 4.24. The molecule has 5 N–H and O–H groups in total. The molecule has 5 heteroatoms. The number of aromatic hydroxyl groups is 2. The summed E-state index contributed by atoms with van der Waals surface area (Å²) in [5, 5.41) is 21.3. The lowest BCUT2D eigenvalue weighted by Gasteiger charge is -2.06. The highest BCUT2D eigenvalue weighted by Crippen LogP contribution is 2.25. The summed E-state index contributed by atoms with van der Waals surface area (Å²) in [6.07, 6.45) is 0. The Morgan fingerprint density at radius 2 is 1.95 bits per heavy atom. The van der Waals surface area contributed by atoms with E-state index in [0.29, 0.717) is 5.69 Å². The van der Waals surface area contributed by atoms with Gasteiger partial charge in [-0.2, -0.15) is 0 Å². The summed E-state index contributed by atoms with van der Waals surface area (Å²) in [6.45, 7) is 0.267. The van der Waals surface area contributed by atoms with Gasteiger partial charge in [0.1, 0.15) is 0 Å². The Morgan fingerprint density at radius 1 is 1.14 bits per heavy atom. The van der Waals surface area contributed by atoms with Crippen molar-refractivity contribution in [2.75, 3.05) is 11.9 Å². The van der Waals surface area contributed by atoms with Crippen molar-refractivity contribution in [2.45, 2.75) is 0 Å². The number of hydrogen-bond acceptors (Lipinski definition) is 4. The van der Waals surface area contributed by atoms with Gasteiger partial charge in [0.15, 0.2) is 11.5 Å². The largest absolute Gasteiger partial charge is 0.504 e. The highest BCUT2D eigenvalue weighted by Gasteiger charge is 2.09. The summed E-state index contributed by atoms with van der Waals surface area (Å²) in [4.78, 5) is 12.0. The Hall–Kier alpha value is -2.97. The molecule has 0 radical (unpaired) electrons. The van der Waals surface area contributed by atoms with Crippen molar-refractivity contribution in [3.8, 4) is 23.3 Å². The molecule has 5 nitrogen and oxygen atoms in total. The van der Waals surface area contributed by atoms with Crippen molar-refractivity contribution in [3.05, 3.63) is 53.6 Å². The van der Waals surface area contributed by atoms with E-state index in [2.05, 4.69) is 17.2 Å². The van der Waals surface area contributed by atoms with Crippen LogP contribution in [0, 0.1) is 11.8 Å². The third kappa shape index (κ3) is 3.75. The Bertz CT molecular complexity index is 730. The first-order chi connectivity index (χ1) is 10.1. The first-order valence-electron chi connectivity index (χ1n) is 6.22. The normalized spacial score (nSPS) is 9.57. The van der Waals surface area contributed by atoms with E-state index < -0.39 is 5.91 Å². The van der Waals surface area contributed by atoms with E-state index in [1.54, 1.807) is 18.2 Å². The number of amides is 1. The Balaban J connectivity index is 2.17. The topological polar surface area (TPSA) is 95.6 Å². The second kappa shape index (κ2) is 6.46. The molecule has 2 rings (SSSR count). The predicted octanol–water partition coefficient (Wildman–Crippen LogP) is 1.66. The molecule has 2 aromatic carbocycles. The smallest absolute Gasteiger partial charge is 0.255 e. The van der Waals surface area contributed by atoms with Crippen LogP contribution in [0.5, 0.6) is 11.5 Å². The average molecular weight is 282 g/mol. The monoisotopic (exact) mass is 282 g/mol. The lowest BCUT2D eigenvalue weighted by Crippen LogP contribution is -2.11. The van der Waals surface area contributed by atoms with Crippen LogP contribution in [-0.4, -0.2) is 22.7 Å². The van der Waals surface area contributed by atoms with Crippen LogP contribution in [0.3, 0.4) is 0 Å². The third-order valence-corrected chi connectivity index (χ3v) is 2.69. The molecule has 0 spiro atoms. The maximum Gasteiger partial charge on any atom is 0.255 e. The van der Waals surface area contributed by atoms with Gasteiger partial charge in [0.25, 0.3) is 5.91 Å². The lowest BCUT2D eigenvalue weighted by atomic mass is 10.1. The van der Waals surface area contributed by atoms with Crippen molar-refractivity contribution in [3.63, 3.8) is 0 Å². The van der Waals surface area contributed by atoms with Gasteiger partial charge in [-0.05, 0) is 36.4 Å². The molecule has 0 atom stereocenters. The number of anilines is 1. The molecule has 2 aromatic rings. The van der Waals surface area contributed by atoms with Crippen LogP contribution in [-0.2, 0) is 0 Å². The Morgan fingerprint density at radius 3 is 2.67 bits per heavy atom. The van der Waals surface area contributed by atoms with Crippen molar-refractivity contribution in [1.82, 2.24) is 0 Å². The Labute approximate surface area is 122 Å². The number of phenolic OH excluding ortho intramolecular Hbond substituents is 2. The molecule has 21 heavy (non-hydrogen) atoms. The standard InChI is InChI=1S/C16H14N2O3/c17-8-2-4-11-3-1-5-13(9-11)18-16(21)12-6-7-14(19)15(20)10-12/h1,3,5-7,9-10,19-20H,8,17H2,(H,18,21). The van der Waals surface area contributed by atoms with Gasteiger partial charge in [0.2, 0.25) is 0 Å². The van der Waals surface area contributed by atoms with Gasteiger partial charge in [-0.25, -0.2) is 0 Å². The van der Waals surface area contributed by atoms with Crippen molar-refractivity contribution in [1.29, 1.82) is 0 Å². The van der Waals surface area contributed by atoms with Crippen LogP contribution >= 0.6 is 0 Å². The maximum absolute atomic E-state index is 12.0. The minimum Gasteiger partial charge on any atom is -0.504 e. The van der Waals surface area contributed by atoms with Crippen LogP contribution < -0.4 is 11.1 Å². The molecule has 0 heterocycles. The molecule has 0 fully saturated rings. The van der Waals surface area contributed by atoms with E-state index in [0.717, 1.165) is 5.56 Å². The number of carbonyl (C=O) groups excluding carboxylic acids is 1. The van der Waals surface area contributed by atoms with Crippen LogP contribution in [0.15, 0.2) is 42.5 Å². The molecule has 0 aliphatic carbocycles. The summed E-state index contributed by atoms with van der Waals surface area (Å²) in [6, 6.07) is 10.9. The van der Waals surface area contributed by atoms with Gasteiger partial charge in [-0.3, -0.25) is 4.79 Å². The molecule has 0 aliphatic rings. The van der Waals surface area contributed by atoms with Gasteiger partial charge in [0.05, 0.1) is 6.54 Å². The zero-order valence-corrected chi connectivity index (χ0v) is 11.1. The number of carbonyl (C=O) groups is 1. The number of rotatable bonds is 2. The molecule has 106 valence electrons. The molecule has 1 amide bonds. The van der Waals surface area contributed by atoms with Gasteiger partial charge < -0.3 is 21.3 Å². The zero-order valence-electron chi connectivity index (χ0n) is 11.1. The van der Waals surface area contributed by atoms with E-state index in [9.17, 15) is 15.0 Å². The van der Waals surface area contributed by atoms with Gasteiger partial charge >= 0.3 is 0 Å². The van der Waals surface area contributed by atoms with Crippen molar-refractivity contribution in [2.24, 2.45) is 5.73 Å². The molecular formula is C16H14N2O3. The van der Waals surface area contributed by atoms with Crippen LogP contribution in [0.2, 0.25) is 0 Å². The maximum atomic E-state index is 12.0. The van der Waals surface area contributed by atoms with E-state index in [4.69, 9.17) is 5.73 Å². The number of phenols is 2. The van der Waals surface area contributed by atoms with E-state index in [-0.39, 0.29) is 23.6 Å². The summed E-state index contributed by atoms with van der Waals surface area (Å²) >= 11 is 0. The molecule has 0 unspecified atom stereocenters. The summed E-state index contributed by atoms with van der Waals surface area (Å²) < 4.78 is 0. The minimum absolute atomic E-state index is 0.240. The van der Waals surface area contributed by atoms with Gasteiger partial charge in [-0.1, -0.05) is 17.9 Å². The third-order valence-electron chi connectivity index (χ3n) is 2.69. The summed E-state index contributed by atoms with van der Waals surface area (Å²) in [5.41, 5.74) is 6.87. The van der Waals surface area contributed by atoms with Crippen LogP contribution in [0.1, 0.15) is 15.9 Å². The fraction of sp³-hybridized carbons (Fsp3) is 0.0625. The SMILES string of the molecule is NCC#Cc1cccc(NC(=O)c2ccc(O)c(O)c2)c1. The minimum atomic E-state index is -0.394. The molecule has 0 aromatic heterocycles. The van der Waals surface area contributed by atoms with E-state index in [1.165, 1.54) is 18.2 Å². The highest BCUT2D eigenvalue weighted by atomic mass is 16.3. The van der Waals surface area contributed by atoms with Gasteiger partial charge in [0, 0.05) is 16.8 Å². The van der Waals surface area contributed by atoms with Crippen molar-refractivity contribution < 1.29 is 15.0 Å². The lowest BCUT2D eigenvalue weighted by molar-refractivity contribution is 0.102. The van der Waals surface area contributed by atoms with Crippen molar-refractivity contribution >= 4 is 11.6 Å². The number of nitrogens with two attached hydrogens (primary N) is 1. The van der Waals surface area contributed by atoms with Crippen LogP contribution in [0.25, 0.3) is 0 Å². The first-order valence-corrected chi connectivity index (χ1v) is 6.22. The average Bonchev–Trinajstić information content (AvgIpc) is 2.48. The molecule has 0 bridgehead atoms. The second-order valence-electron chi connectivity index (χ2n) is 4.24. The highest BCUT2D eigenvalue weighted by molar-refractivity contribution is 6.04. The van der Waals surface area contributed by atoms with E-state index >= 15 is 0 Å². The first kappa shape index (κ1) is 14.4. The fourth-order valence-corrected chi connectivity index (χ4v) is 1.70. The predicted molar refractivity (Wildman–Crippen MR) is 80.1 cm³/mol. The number of hydrogen-bond donors (Lipinski definition) is 4. The van der Waals surface area contributed by atoms with Gasteiger partial charge in [-0.15, -0.1) is 0 Å². The van der Waals surface area contributed by atoms with Crippen LogP contribution in [0.4, 0.5) is 5.69 Å².